The largest absolute Gasteiger partial charge is 0.354 e. The minimum absolute atomic E-state index is 0.131. The molecule has 6 heteroatoms. The van der Waals surface area contributed by atoms with Crippen LogP contribution < -0.4 is 11.1 Å². The number of nitrogens with two attached hydrogens (primary N) is 1. The van der Waals surface area contributed by atoms with Gasteiger partial charge in [-0.15, -0.1) is 0 Å². The molecule has 0 radical (unpaired) electrons. The molecule has 2 aromatic carbocycles. The molecule has 1 atom stereocenters. The molecule has 0 spiro atoms. The van der Waals surface area contributed by atoms with Crippen LogP contribution in [0.4, 0.5) is 0 Å². The van der Waals surface area contributed by atoms with Crippen molar-refractivity contribution in [1.29, 1.82) is 0 Å². The summed E-state index contributed by atoms with van der Waals surface area (Å²) in [5, 5.41) is 6.81. The highest BCUT2D eigenvalue weighted by molar-refractivity contribution is 5.81. The number of rotatable bonds is 8. The number of hydrogen-bond donors (Lipinski definition) is 2. The Morgan fingerprint density at radius 1 is 1.11 bits per heavy atom. The van der Waals surface area contributed by atoms with Gasteiger partial charge in [-0.3, -0.25) is 4.79 Å². The van der Waals surface area contributed by atoms with E-state index < -0.39 is 6.04 Å². The van der Waals surface area contributed by atoms with E-state index in [-0.39, 0.29) is 5.91 Å². The van der Waals surface area contributed by atoms with E-state index in [1.807, 2.05) is 61.5 Å². The maximum atomic E-state index is 12.1. The summed E-state index contributed by atoms with van der Waals surface area (Å²) in [4.78, 5) is 16.5. The van der Waals surface area contributed by atoms with E-state index in [9.17, 15) is 4.79 Å². The lowest BCUT2D eigenvalue weighted by Crippen LogP contribution is -2.42. The van der Waals surface area contributed by atoms with Crippen LogP contribution in [0.3, 0.4) is 0 Å². The summed E-state index contributed by atoms with van der Waals surface area (Å²) in [6.07, 6.45) is 2.01. The second-order valence-corrected chi connectivity index (χ2v) is 6.40. The Labute approximate surface area is 158 Å². The van der Waals surface area contributed by atoms with E-state index in [4.69, 9.17) is 10.3 Å². The van der Waals surface area contributed by atoms with Crippen molar-refractivity contribution < 1.29 is 9.32 Å². The lowest BCUT2D eigenvalue weighted by molar-refractivity contribution is -0.122. The Balaban J connectivity index is 1.46. The Kier molecular flexibility index (Phi) is 6.33. The SMILES string of the molecule is CCc1noc(-c2ccc(CCNC(=O)[C@@H](N)Cc3ccccc3)cc2)n1. The highest BCUT2D eigenvalue weighted by atomic mass is 16.5. The van der Waals surface area contributed by atoms with Gasteiger partial charge in [-0.1, -0.05) is 54.5 Å². The first kappa shape index (κ1) is 18.8. The molecule has 0 aliphatic rings. The number of hydrogen-bond acceptors (Lipinski definition) is 5. The van der Waals surface area contributed by atoms with Gasteiger partial charge in [0.15, 0.2) is 5.82 Å². The van der Waals surface area contributed by atoms with Crippen molar-refractivity contribution in [3.05, 3.63) is 71.5 Å². The molecular formula is C21H24N4O2. The maximum Gasteiger partial charge on any atom is 0.257 e. The van der Waals surface area contributed by atoms with Crippen LogP contribution in [-0.4, -0.2) is 28.6 Å². The summed E-state index contributed by atoms with van der Waals surface area (Å²) in [5.74, 6) is 1.09. The predicted molar refractivity (Wildman–Crippen MR) is 104 cm³/mol. The van der Waals surface area contributed by atoms with Gasteiger partial charge in [0.25, 0.3) is 5.89 Å². The van der Waals surface area contributed by atoms with Crippen molar-refractivity contribution in [2.24, 2.45) is 5.73 Å². The van der Waals surface area contributed by atoms with Gasteiger partial charge in [0.05, 0.1) is 6.04 Å². The first-order valence-corrected chi connectivity index (χ1v) is 9.15. The predicted octanol–water partition coefficient (Wildman–Crippen LogP) is 2.53. The molecule has 0 aliphatic carbocycles. The fraction of sp³-hybridized carbons (Fsp3) is 0.286. The fourth-order valence-corrected chi connectivity index (χ4v) is 2.75. The second-order valence-electron chi connectivity index (χ2n) is 6.40. The molecule has 0 bridgehead atoms. The molecule has 1 amide bonds. The third kappa shape index (κ3) is 5.24. The summed E-state index contributed by atoms with van der Waals surface area (Å²) in [6.45, 7) is 2.53. The number of carbonyl (C=O) groups excluding carboxylic acids is 1. The zero-order valence-electron chi connectivity index (χ0n) is 15.4. The van der Waals surface area contributed by atoms with Crippen molar-refractivity contribution in [3.8, 4) is 11.5 Å². The number of nitrogens with one attached hydrogen (secondary N) is 1. The number of aryl methyl sites for hydroxylation is 1. The molecule has 1 heterocycles. The zero-order chi connectivity index (χ0) is 19.1. The molecule has 0 saturated carbocycles. The molecule has 3 rings (SSSR count). The summed E-state index contributed by atoms with van der Waals surface area (Å²) in [6, 6.07) is 17.1. The average molecular weight is 364 g/mol. The van der Waals surface area contributed by atoms with Crippen LogP contribution in [0, 0.1) is 0 Å². The van der Waals surface area contributed by atoms with E-state index in [1.165, 1.54) is 0 Å². The Bertz CT molecular complexity index is 859. The lowest BCUT2D eigenvalue weighted by atomic mass is 10.1. The van der Waals surface area contributed by atoms with Crippen molar-refractivity contribution in [1.82, 2.24) is 15.5 Å². The first-order valence-electron chi connectivity index (χ1n) is 9.15. The van der Waals surface area contributed by atoms with Crippen LogP contribution in [0.5, 0.6) is 0 Å². The Morgan fingerprint density at radius 3 is 2.52 bits per heavy atom. The zero-order valence-corrected chi connectivity index (χ0v) is 15.4. The summed E-state index contributed by atoms with van der Waals surface area (Å²) in [5.41, 5.74) is 9.05. The van der Waals surface area contributed by atoms with Crippen LogP contribution in [0.1, 0.15) is 23.9 Å². The highest BCUT2D eigenvalue weighted by Crippen LogP contribution is 2.18. The molecule has 0 fully saturated rings. The van der Waals surface area contributed by atoms with E-state index in [0.29, 0.717) is 24.7 Å². The van der Waals surface area contributed by atoms with Crippen LogP contribution in [0.15, 0.2) is 59.1 Å². The van der Waals surface area contributed by atoms with Crippen molar-refractivity contribution in [2.45, 2.75) is 32.2 Å². The minimum Gasteiger partial charge on any atom is -0.354 e. The standard InChI is InChI=1S/C21H24N4O2/c1-2-19-24-21(27-25-19)17-10-8-15(9-11-17)12-13-23-20(26)18(22)14-16-6-4-3-5-7-16/h3-11,18H,2,12-14,22H2,1H3,(H,23,26)/t18-/m0/s1. The number of amides is 1. The molecule has 3 aromatic rings. The maximum absolute atomic E-state index is 12.1. The van der Waals surface area contributed by atoms with Gasteiger partial charge in [-0.05, 0) is 36.1 Å². The first-order chi connectivity index (χ1) is 13.2. The van der Waals surface area contributed by atoms with E-state index >= 15 is 0 Å². The highest BCUT2D eigenvalue weighted by Gasteiger charge is 2.13. The fourth-order valence-electron chi connectivity index (χ4n) is 2.75. The van der Waals surface area contributed by atoms with E-state index in [2.05, 4.69) is 15.5 Å². The van der Waals surface area contributed by atoms with Gasteiger partial charge >= 0.3 is 0 Å². The third-order valence-corrected chi connectivity index (χ3v) is 4.33. The smallest absolute Gasteiger partial charge is 0.257 e. The molecule has 27 heavy (non-hydrogen) atoms. The van der Waals surface area contributed by atoms with Gasteiger partial charge in [-0.2, -0.15) is 4.98 Å². The minimum atomic E-state index is -0.542. The average Bonchev–Trinajstić information content (AvgIpc) is 3.18. The molecular weight excluding hydrogens is 340 g/mol. The summed E-state index contributed by atoms with van der Waals surface area (Å²) < 4.78 is 5.24. The van der Waals surface area contributed by atoms with E-state index in [0.717, 1.165) is 29.5 Å². The molecule has 6 nitrogen and oxygen atoms in total. The molecule has 1 aromatic heterocycles. The van der Waals surface area contributed by atoms with Crippen molar-refractivity contribution in [2.75, 3.05) is 6.54 Å². The summed E-state index contributed by atoms with van der Waals surface area (Å²) >= 11 is 0. The molecule has 0 aliphatic heterocycles. The van der Waals surface area contributed by atoms with Crippen LogP contribution in [0.2, 0.25) is 0 Å². The monoisotopic (exact) mass is 364 g/mol. The number of nitrogens with zero attached hydrogens (tertiary/aromatic N) is 2. The van der Waals surface area contributed by atoms with Crippen LogP contribution in [-0.2, 0) is 24.1 Å². The van der Waals surface area contributed by atoms with Crippen molar-refractivity contribution >= 4 is 5.91 Å². The normalized spacial score (nSPS) is 11.9. The van der Waals surface area contributed by atoms with Gasteiger partial charge in [0.2, 0.25) is 5.91 Å². The van der Waals surface area contributed by atoms with Gasteiger partial charge < -0.3 is 15.6 Å². The third-order valence-electron chi connectivity index (χ3n) is 4.33. The topological polar surface area (TPSA) is 94.0 Å². The number of aromatic nitrogens is 2. The van der Waals surface area contributed by atoms with Crippen LogP contribution in [0.25, 0.3) is 11.5 Å². The molecule has 0 unspecified atom stereocenters. The second kappa shape index (κ2) is 9.09. The Morgan fingerprint density at radius 2 is 1.85 bits per heavy atom. The molecule has 0 saturated heterocycles. The van der Waals surface area contributed by atoms with E-state index in [1.54, 1.807) is 0 Å². The van der Waals surface area contributed by atoms with Gasteiger partial charge in [-0.25, -0.2) is 0 Å². The number of carbonyl (C=O) groups is 1. The number of benzene rings is 2. The van der Waals surface area contributed by atoms with Gasteiger partial charge in [0.1, 0.15) is 0 Å². The summed E-state index contributed by atoms with van der Waals surface area (Å²) in [7, 11) is 0. The lowest BCUT2D eigenvalue weighted by Gasteiger charge is -2.12. The Hall–Kier alpha value is -2.99. The van der Waals surface area contributed by atoms with Crippen molar-refractivity contribution in [3.63, 3.8) is 0 Å². The van der Waals surface area contributed by atoms with Crippen LogP contribution >= 0.6 is 0 Å². The molecule has 140 valence electrons. The quantitative estimate of drug-likeness (QED) is 0.640. The molecule has 3 N–H and O–H groups in total. The van der Waals surface area contributed by atoms with Gasteiger partial charge in [0, 0.05) is 18.5 Å².